The maximum Gasteiger partial charge on any atom is 0.0672 e. The molecular formula is C15H23NO. The summed E-state index contributed by atoms with van der Waals surface area (Å²) in [4.78, 5) is 0. The Balaban J connectivity index is 1.93. The third-order valence-electron chi connectivity index (χ3n) is 3.40. The minimum Gasteiger partial charge on any atom is -0.375 e. The molecule has 0 aliphatic carbocycles. The van der Waals surface area contributed by atoms with Gasteiger partial charge >= 0.3 is 0 Å². The van der Waals surface area contributed by atoms with E-state index in [4.69, 9.17) is 4.74 Å². The van der Waals surface area contributed by atoms with Crippen LogP contribution in [0.5, 0.6) is 0 Å². The fraction of sp³-hybridized carbons (Fsp3) is 0.600. The second kappa shape index (κ2) is 6.18. The predicted octanol–water partition coefficient (Wildman–Crippen LogP) is 3.08. The van der Waals surface area contributed by atoms with Gasteiger partial charge in [-0.25, -0.2) is 0 Å². The standard InChI is InChI=1S/C15H23NO/c1-3-4-5-13-6-8-14(9-7-13)15-11-17-12(2)10-16-15/h6-9,12,15-16H,3-5,10-11H2,1-2H3. The molecule has 2 atom stereocenters. The van der Waals surface area contributed by atoms with Gasteiger partial charge in [-0.05, 0) is 30.9 Å². The highest BCUT2D eigenvalue weighted by Gasteiger charge is 2.18. The van der Waals surface area contributed by atoms with Gasteiger partial charge in [0.1, 0.15) is 0 Å². The zero-order chi connectivity index (χ0) is 12.1. The van der Waals surface area contributed by atoms with Gasteiger partial charge < -0.3 is 10.1 Å². The van der Waals surface area contributed by atoms with Gasteiger partial charge in [0.15, 0.2) is 0 Å². The van der Waals surface area contributed by atoms with Crippen LogP contribution in [0.3, 0.4) is 0 Å². The second-order valence-electron chi connectivity index (χ2n) is 4.95. The summed E-state index contributed by atoms with van der Waals surface area (Å²) in [6.07, 6.45) is 4.08. The van der Waals surface area contributed by atoms with Crippen LogP contribution >= 0.6 is 0 Å². The van der Waals surface area contributed by atoms with Crippen LogP contribution in [0.1, 0.15) is 43.9 Å². The largest absolute Gasteiger partial charge is 0.375 e. The Morgan fingerprint density at radius 1 is 1.29 bits per heavy atom. The molecule has 1 N–H and O–H groups in total. The summed E-state index contributed by atoms with van der Waals surface area (Å²) in [6.45, 7) is 6.08. The molecule has 1 aromatic carbocycles. The van der Waals surface area contributed by atoms with Gasteiger partial charge in [-0.1, -0.05) is 37.6 Å². The van der Waals surface area contributed by atoms with E-state index in [0.29, 0.717) is 12.1 Å². The molecule has 2 nitrogen and oxygen atoms in total. The lowest BCUT2D eigenvalue weighted by Crippen LogP contribution is -2.39. The number of aryl methyl sites for hydroxylation is 1. The van der Waals surface area contributed by atoms with E-state index in [2.05, 4.69) is 43.4 Å². The molecule has 0 amide bonds. The summed E-state index contributed by atoms with van der Waals surface area (Å²) in [5.74, 6) is 0. The van der Waals surface area contributed by atoms with Gasteiger partial charge in [0.25, 0.3) is 0 Å². The fourth-order valence-electron chi connectivity index (χ4n) is 2.20. The van der Waals surface area contributed by atoms with Gasteiger partial charge in [0, 0.05) is 6.54 Å². The number of benzene rings is 1. The monoisotopic (exact) mass is 233 g/mol. The average Bonchev–Trinajstić information content (AvgIpc) is 2.38. The Morgan fingerprint density at radius 2 is 2.06 bits per heavy atom. The van der Waals surface area contributed by atoms with Gasteiger partial charge in [-0.3, -0.25) is 0 Å². The van der Waals surface area contributed by atoms with E-state index in [-0.39, 0.29) is 0 Å². The molecule has 1 fully saturated rings. The summed E-state index contributed by atoms with van der Waals surface area (Å²) >= 11 is 0. The Hall–Kier alpha value is -0.860. The van der Waals surface area contributed by atoms with Crippen LogP contribution in [0.4, 0.5) is 0 Å². The lowest BCUT2D eigenvalue weighted by atomic mass is 10.0. The van der Waals surface area contributed by atoms with Crippen molar-refractivity contribution >= 4 is 0 Å². The first-order valence-corrected chi connectivity index (χ1v) is 6.73. The fourth-order valence-corrected chi connectivity index (χ4v) is 2.20. The molecule has 0 bridgehead atoms. The first-order chi connectivity index (χ1) is 8.29. The molecule has 1 heterocycles. The highest BCUT2D eigenvalue weighted by molar-refractivity contribution is 5.25. The first-order valence-electron chi connectivity index (χ1n) is 6.73. The molecule has 2 heteroatoms. The van der Waals surface area contributed by atoms with E-state index in [1.807, 2.05) is 0 Å². The minimum atomic E-state index is 0.343. The summed E-state index contributed by atoms with van der Waals surface area (Å²) in [5, 5.41) is 3.52. The van der Waals surface area contributed by atoms with E-state index in [0.717, 1.165) is 13.2 Å². The quantitative estimate of drug-likeness (QED) is 0.863. The van der Waals surface area contributed by atoms with Gasteiger partial charge in [-0.2, -0.15) is 0 Å². The van der Waals surface area contributed by atoms with Crippen LogP contribution in [-0.4, -0.2) is 19.3 Å². The number of unbranched alkanes of at least 4 members (excludes halogenated alkanes) is 1. The molecular weight excluding hydrogens is 210 g/mol. The molecule has 2 rings (SSSR count). The molecule has 2 unspecified atom stereocenters. The van der Waals surface area contributed by atoms with Crippen molar-refractivity contribution in [3.8, 4) is 0 Å². The van der Waals surface area contributed by atoms with Crippen molar-refractivity contribution in [1.82, 2.24) is 5.32 Å². The maximum atomic E-state index is 5.68. The normalized spacial score (nSPS) is 24.8. The molecule has 1 saturated heterocycles. The van der Waals surface area contributed by atoms with Crippen LogP contribution in [0.2, 0.25) is 0 Å². The number of ether oxygens (including phenoxy) is 1. The third-order valence-corrected chi connectivity index (χ3v) is 3.40. The van der Waals surface area contributed by atoms with Crippen LogP contribution in [-0.2, 0) is 11.2 Å². The zero-order valence-corrected chi connectivity index (χ0v) is 10.9. The zero-order valence-electron chi connectivity index (χ0n) is 10.9. The number of hydrogen-bond acceptors (Lipinski definition) is 2. The van der Waals surface area contributed by atoms with Crippen LogP contribution in [0.25, 0.3) is 0 Å². The predicted molar refractivity (Wildman–Crippen MR) is 71.2 cm³/mol. The van der Waals surface area contributed by atoms with Crippen LogP contribution in [0.15, 0.2) is 24.3 Å². The molecule has 1 aliphatic rings. The molecule has 94 valence electrons. The minimum absolute atomic E-state index is 0.343. The topological polar surface area (TPSA) is 21.3 Å². The summed E-state index contributed by atoms with van der Waals surface area (Å²) < 4.78 is 5.68. The van der Waals surface area contributed by atoms with E-state index in [1.54, 1.807) is 0 Å². The Kier molecular flexibility index (Phi) is 4.57. The van der Waals surface area contributed by atoms with E-state index in [1.165, 1.54) is 30.4 Å². The lowest BCUT2D eigenvalue weighted by molar-refractivity contribution is 0.0149. The molecule has 17 heavy (non-hydrogen) atoms. The van der Waals surface area contributed by atoms with Crippen molar-refractivity contribution < 1.29 is 4.74 Å². The molecule has 0 radical (unpaired) electrons. The highest BCUT2D eigenvalue weighted by atomic mass is 16.5. The lowest BCUT2D eigenvalue weighted by Gasteiger charge is -2.28. The van der Waals surface area contributed by atoms with Crippen molar-refractivity contribution in [2.45, 2.75) is 45.3 Å². The van der Waals surface area contributed by atoms with Crippen LogP contribution in [0, 0.1) is 0 Å². The van der Waals surface area contributed by atoms with Gasteiger partial charge in [0.05, 0.1) is 18.8 Å². The maximum absolute atomic E-state index is 5.68. The molecule has 1 aliphatic heterocycles. The Morgan fingerprint density at radius 3 is 2.65 bits per heavy atom. The molecule has 0 aromatic heterocycles. The average molecular weight is 233 g/mol. The Labute approximate surface area is 104 Å². The number of hydrogen-bond donors (Lipinski definition) is 1. The van der Waals surface area contributed by atoms with Gasteiger partial charge in [-0.15, -0.1) is 0 Å². The Bertz CT molecular complexity index is 325. The van der Waals surface area contributed by atoms with Crippen molar-refractivity contribution in [3.05, 3.63) is 35.4 Å². The second-order valence-corrected chi connectivity index (χ2v) is 4.95. The number of nitrogens with one attached hydrogen (secondary N) is 1. The van der Waals surface area contributed by atoms with Crippen molar-refractivity contribution in [3.63, 3.8) is 0 Å². The molecule has 1 aromatic rings. The smallest absolute Gasteiger partial charge is 0.0672 e. The first kappa shape index (κ1) is 12.6. The molecule has 0 saturated carbocycles. The van der Waals surface area contributed by atoms with E-state index >= 15 is 0 Å². The summed E-state index contributed by atoms with van der Waals surface area (Å²) in [5.41, 5.74) is 2.79. The van der Waals surface area contributed by atoms with Crippen LogP contribution < -0.4 is 5.32 Å². The van der Waals surface area contributed by atoms with E-state index < -0.39 is 0 Å². The summed E-state index contributed by atoms with van der Waals surface area (Å²) in [7, 11) is 0. The molecule has 0 spiro atoms. The van der Waals surface area contributed by atoms with Crippen molar-refractivity contribution in [2.24, 2.45) is 0 Å². The highest BCUT2D eigenvalue weighted by Crippen LogP contribution is 2.18. The third kappa shape index (κ3) is 3.55. The summed E-state index contributed by atoms with van der Waals surface area (Å²) in [6, 6.07) is 9.35. The van der Waals surface area contributed by atoms with E-state index in [9.17, 15) is 0 Å². The van der Waals surface area contributed by atoms with Crippen molar-refractivity contribution in [1.29, 1.82) is 0 Å². The number of morpholine rings is 1. The van der Waals surface area contributed by atoms with Crippen molar-refractivity contribution in [2.75, 3.05) is 13.2 Å². The van der Waals surface area contributed by atoms with Gasteiger partial charge in [0.2, 0.25) is 0 Å². The SMILES string of the molecule is CCCCc1ccc(C2COC(C)CN2)cc1. The number of rotatable bonds is 4.